The van der Waals surface area contributed by atoms with Gasteiger partial charge in [0.1, 0.15) is 0 Å². The van der Waals surface area contributed by atoms with Gasteiger partial charge in [-0.3, -0.25) is 19.9 Å². The number of rotatable bonds is 7. The van der Waals surface area contributed by atoms with E-state index in [1.54, 1.807) is 0 Å². The molecule has 96 valence electrons. The first-order valence-electron chi connectivity index (χ1n) is 4.87. The predicted octanol–water partition coefficient (Wildman–Crippen LogP) is 0.285. The maximum absolute atomic E-state index is 11.2. The molecule has 7 nitrogen and oxygen atoms in total. The fourth-order valence-electron chi connectivity index (χ4n) is 1.12. The van der Waals surface area contributed by atoms with E-state index < -0.39 is 19.5 Å². The zero-order chi connectivity index (χ0) is 12.8. The van der Waals surface area contributed by atoms with Gasteiger partial charge in [0.2, 0.25) is 0 Å². The van der Waals surface area contributed by atoms with Gasteiger partial charge >= 0.3 is 7.60 Å². The molecule has 16 heavy (non-hydrogen) atoms. The Bertz CT molecular complexity index is 271. The van der Waals surface area contributed by atoms with E-state index in [0.29, 0.717) is 6.42 Å². The fraction of sp³-hybridized carbons (Fsp3) is 0.875. The van der Waals surface area contributed by atoms with Gasteiger partial charge in [-0.05, 0) is 12.3 Å². The van der Waals surface area contributed by atoms with Crippen molar-refractivity contribution in [2.75, 3.05) is 13.4 Å². The Morgan fingerprint density at radius 2 is 2.06 bits per heavy atom. The van der Waals surface area contributed by atoms with Gasteiger partial charge in [0, 0.05) is 7.11 Å². The molecule has 0 radical (unpaired) electrons. The monoisotopic (exact) mass is 254 g/mol. The van der Waals surface area contributed by atoms with Gasteiger partial charge in [-0.1, -0.05) is 13.8 Å². The molecular weight excluding hydrogens is 235 g/mol. The molecule has 0 aromatic rings. The van der Waals surface area contributed by atoms with E-state index in [0.717, 1.165) is 7.11 Å². The van der Waals surface area contributed by atoms with Crippen molar-refractivity contribution in [1.82, 2.24) is 10.8 Å². The van der Waals surface area contributed by atoms with Gasteiger partial charge < -0.3 is 9.42 Å². The summed E-state index contributed by atoms with van der Waals surface area (Å²) in [5.41, 5.74) is 1.51. The largest absolute Gasteiger partial charge is 0.341 e. The van der Waals surface area contributed by atoms with Crippen molar-refractivity contribution < 1.29 is 24.0 Å². The summed E-state index contributed by atoms with van der Waals surface area (Å²) < 4.78 is 15.5. The summed E-state index contributed by atoms with van der Waals surface area (Å²) in [4.78, 5) is 20.4. The normalized spacial score (nSPS) is 16.9. The first-order valence-corrected chi connectivity index (χ1v) is 6.63. The number of nitrogens with one attached hydrogen (secondary N) is 2. The first-order chi connectivity index (χ1) is 7.32. The number of hydrogen-bond acceptors (Lipinski definition) is 5. The van der Waals surface area contributed by atoms with E-state index in [1.165, 1.54) is 5.48 Å². The zero-order valence-corrected chi connectivity index (χ0v) is 10.5. The first kappa shape index (κ1) is 15.5. The van der Waals surface area contributed by atoms with Crippen molar-refractivity contribution in [3.8, 4) is 0 Å². The van der Waals surface area contributed by atoms with Crippen molar-refractivity contribution in [3.63, 3.8) is 0 Å². The number of hydroxylamine groups is 1. The summed E-state index contributed by atoms with van der Waals surface area (Å²) in [5.74, 6) is -0.430. The van der Waals surface area contributed by atoms with Crippen LogP contribution in [-0.4, -0.2) is 35.4 Å². The average molecular weight is 254 g/mol. The van der Waals surface area contributed by atoms with Crippen molar-refractivity contribution in [3.05, 3.63) is 0 Å². The smallest absolute Gasteiger partial charge is 0.323 e. The topological polar surface area (TPSA) is 108 Å². The molecule has 0 saturated carbocycles. The quantitative estimate of drug-likeness (QED) is 0.295. The molecule has 0 aromatic heterocycles. The Kier molecular flexibility index (Phi) is 6.78. The van der Waals surface area contributed by atoms with Crippen LogP contribution in [-0.2, 0) is 13.9 Å². The summed E-state index contributed by atoms with van der Waals surface area (Å²) in [7, 11) is -2.58. The predicted molar refractivity (Wildman–Crippen MR) is 58.0 cm³/mol. The third-order valence-electron chi connectivity index (χ3n) is 1.96. The highest BCUT2D eigenvalue weighted by atomic mass is 31.2. The molecule has 0 aliphatic rings. The molecule has 2 atom stereocenters. The number of carbonyl (C=O) groups is 1. The minimum atomic E-state index is -3.69. The van der Waals surface area contributed by atoms with E-state index in [2.05, 4.69) is 9.84 Å². The number of carbonyl (C=O) groups excluding carboxylic acids is 1. The molecule has 0 bridgehead atoms. The maximum Gasteiger partial charge on any atom is 0.341 e. The van der Waals surface area contributed by atoms with Gasteiger partial charge in [-0.2, -0.15) is 0 Å². The Balaban J connectivity index is 4.33. The van der Waals surface area contributed by atoms with Crippen LogP contribution < -0.4 is 10.8 Å². The molecule has 8 heteroatoms. The van der Waals surface area contributed by atoms with Crippen LogP contribution in [0.5, 0.6) is 0 Å². The van der Waals surface area contributed by atoms with E-state index in [9.17, 15) is 9.36 Å². The summed E-state index contributed by atoms with van der Waals surface area (Å²) in [6, 6.07) is -0.722. The molecule has 2 unspecified atom stereocenters. The van der Waals surface area contributed by atoms with Gasteiger partial charge in [-0.25, -0.2) is 5.48 Å². The van der Waals surface area contributed by atoms with E-state index in [-0.39, 0.29) is 12.2 Å². The molecule has 0 heterocycles. The molecular formula is C8H19N2O5P. The Morgan fingerprint density at radius 3 is 2.44 bits per heavy atom. The molecule has 0 rings (SSSR count). The van der Waals surface area contributed by atoms with E-state index in [1.807, 2.05) is 13.8 Å². The van der Waals surface area contributed by atoms with Crippen LogP contribution in [0, 0.1) is 5.92 Å². The number of hydrogen-bond donors (Lipinski definition) is 4. The van der Waals surface area contributed by atoms with Crippen molar-refractivity contribution in [2.45, 2.75) is 26.3 Å². The van der Waals surface area contributed by atoms with Crippen LogP contribution in [0.4, 0.5) is 0 Å². The molecule has 0 aliphatic heterocycles. The van der Waals surface area contributed by atoms with E-state index >= 15 is 0 Å². The average Bonchev–Trinajstić information content (AvgIpc) is 2.22. The molecule has 0 spiro atoms. The molecule has 0 aromatic carbocycles. The molecule has 0 saturated heterocycles. The van der Waals surface area contributed by atoms with Crippen LogP contribution in [0.3, 0.4) is 0 Å². The SMILES string of the molecule is COP(=O)(O)CNC(CC(C)C)C(=O)NO. The minimum Gasteiger partial charge on any atom is -0.323 e. The summed E-state index contributed by atoms with van der Waals surface area (Å²) >= 11 is 0. The maximum atomic E-state index is 11.2. The van der Waals surface area contributed by atoms with Gasteiger partial charge in [0.15, 0.2) is 0 Å². The van der Waals surface area contributed by atoms with Crippen LogP contribution in [0.2, 0.25) is 0 Å². The van der Waals surface area contributed by atoms with E-state index in [4.69, 9.17) is 10.1 Å². The molecule has 4 N–H and O–H groups in total. The highest BCUT2D eigenvalue weighted by Gasteiger charge is 2.24. The second-order valence-corrected chi connectivity index (χ2v) is 5.80. The lowest BCUT2D eigenvalue weighted by Crippen LogP contribution is -2.44. The van der Waals surface area contributed by atoms with Crippen LogP contribution in [0.1, 0.15) is 20.3 Å². The van der Waals surface area contributed by atoms with Crippen molar-refractivity contribution in [2.24, 2.45) is 5.92 Å². The Labute approximate surface area is 94.7 Å². The molecule has 0 fully saturated rings. The Hall–Kier alpha value is -0.460. The third-order valence-corrected chi connectivity index (χ3v) is 3.11. The van der Waals surface area contributed by atoms with Crippen molar-refractivity contribution in [1.29, 1.82) is 0 Å². The van der Waals surface area contributed by atoms with Gasteiger partial charge in [0.25, 0.3) is 5.91 Å². The summed E-state index contributed by atoms with van der Waals surface area (Å²) in [6.45, 7) is 3.79. The highest BCUT2D eigenvalue weighted by Crippen LogP contribution is 2.38. The lowest BCUT2D eigenvalue weighted by atomic mass is 10.0. The van der Waals surface area contributed by atoms with Crippen LogP contribution in [0.15, 0.2) is 0 Å². The zero-order valence-electron chi connectivity index (χ0n) is 9.64. The molecule has 1 amide bonds. The molecule has 0 aliphatic carbocycles. The second-order valence-electron chi connectivity index (χ2n) is 3.84. The fourth-order valence-corrected chi connectivity index (χ4v) is 1.70. The lowest BCUT2D eigenvalue weighted by Gasteiger charge is -2.19. The summed E-state index contributed by atoms with van der Waals surface area (Å²) in [5, 5.41) is 11.1. The summed E-state index contributed by atoms with van der Waals surface area (Å²) in [6.07, 6.45) is 0.102. The van der Waals surface area contributed by atoms with Crippen LogP contribution in [0.25, 0.3) is 0 Å². The number of amides is 1. The van der Waals surface area contributed by atoms with Crippen molar-refractivity contribution >= 4 is 13.5 Å². The second kappa shape index (κ2) is 6.98. The Morgan fingerprint density at radius 1 is 1.50 bits per heavy atom. The lowest BCUT2D eigenvalue weighted by molar-refractivity contribution is -0.131. The third kappa shape index (κ3) is 6.19. The minimum absolute atomic E-state index is 0.204. The highest BCUT2D eigenvalue weighted by molar-refractivity contribution is 7.52. The van der Waals surface area contributed by atoms with Crippen LogP contribution >= 0.6 is 7.60 Å². The standard InChI is InChI=1S/C8H19N2O5P/c1-6(2)4-7(8(11)10-12)9-5-16(13,14)15-3/h6-7,9,12H,4-5H2,1-3H3,(H,10,11)(H,13,14). The van der Waals surface area contributed by atoms with Gasteiger partial charge in [-0.15, -0.1) is 0 Å². The van der Waals surface area contributed by atoms with Gasteiger partial charge in [0.05, 0.1) is 12.3 Å².